The van der Waals surface area contributed by atoms with Crippen molar-refractivity contribution < 1.29 is 14.0 Å². The Morgan fingerprint density at radius 1 is 1.32 bits per heavy atom. The summed E-state index contributed by atoms with van der Waals surface area (Å²) >= 11 is 0. The molecule has 0 amide bonds. The quantitative estimate of drug-likeness (QED) is 0.672. The molecule has 1 saturated carbocycles. The Kier molecular flexibility index (Phi) is 5.30. The lowest BCUT2D eigenvalue weighted by molar-refractivity contribution is 0.0714. The minimum Gasteiger partial charge on any atom is -0.382 e. The van der Waals surface area contributed by atoms with E-state index in [2.05, 4.69) is 10.1 Å². The Labute approximate surface area is 113 Å². The third-order valence-electron chi connectivity index (χ3n) is 3.79. The van der Waals surface area contributed by atoms with Crippen molar-refractivity contribution in [3.8, 4) is 0 Å². The average molecular weight is 269 g/mol. The topological polar surface area (TPSA) is 83.4 Å². The van der Waals surface area contributed by atoms with Gasteiger partial charge in [0.15, 0.2) is 5.82 Å². The average Bonchev–Trinajstić information content (AvgIpc) is 2.81. The predicted octanol–water partition coefficient (Wildman–Crippen LogP) is 0.947. The molecule has 0 radical (unpaired) electrons. The van der Waals surface area contributed by atoms with Crippen LogP contribution in [0.25, 0.3) is 0 Å². The number of nitrogens with zero attached hydrogens (tertiary/aromatic N) is 2. The van der Waals surface area contributed by atoms with E-state index >= 15 is 0 Å². The van der Waals surface area contributed by atoms with Crippen LogP contribution in [-0.2, 0) is 22.3 Å². The van der Waals surface area contributed by atoms with E-state index in [1.807, 2.05) is 0 Å². The van der Waals surface area contributed by atoms with Crippen molar-refractivity contribution >= 4 is 0 Å². The van der Waals surface area contributed by atoms with Gasteiger partial charge in [-0.15, -0.1) is 0 Å². The maximum absolute atomic E-state index is 5.83. The molecule has 108 valence electrons. The lowest BCUT2D eigenvalue weighted by atomic mass is 9.67. The molecule has 1 fully saturated rings. The van der Waals surface area contributed by atoms with Crippen molar-refractivity contribution in [3.05, 3.63) is 11.7 Å². The summed E-state index contributed by atoms with van der Waals surface area (Å²) in [5.74, 6) is 1.41. The SMILES string of the molecule is COCCOCCc1noc(CC2(CN)CCC2)n1. The minimum atomic E-state index is 0.207. The van der Waals surface area contributed by atoms with E-state index in [0.717, 1.165) is 6.42 Å². The zero-order valence-corrected chi connectivity index (χ0v) is 11.6. The van der Waals surface area contributed by atoms with E-state index in [1.54, 1.807) is 7.11 Å². The van der Waals surface area contributed by atoms with E-state index in [1.165, 1.54) is 19.3 Å². The lowest BCUT2D eigenvalue weighted by Gasteiger charge is -2.39. The summed E-state index contributed by atoms with van der Waals surface area (Å²) in [7, 11) is 1.66. The van der Waals surface area contributed by atoms with Gasteiger partial charge >= 0.3 is 0 Å². The molecular formula is C13H23N3O3. The van der Waals surface area contributed by atoms with Gasteiger partial charge in [0.1, 0.15) is 0 Å². The molecule has 0 saturated heterocycles. The first-order valence-electron chi connectivity index (χ1n) is 6.86. The highest BCUT2D eigenvalue weighted by Gasteiger charge is 2.37. The van der Waals surface area contributed by atoms with Gasteiger partial charge in [0.2, 0.25) is 5.89 Å². The summed E-state index contributed by atoms with van der Waals surface area (Å²) in [6, 6.07) is 0. The molecule has 2 N–H and O–H groups in total. The summed E-state index contributed by atoms with van der Waals surface area (Å²) in [5.41, 5.74) is 6.04. The molecule has 0 aromatic carbocycles. The molecule has 1 heterocycles. The van der Waals surface area contributed by atoms with Gasteiger partial charge in [0.05, 0.1) is 19.8 Å². The van der Waals surface area contributed by atoms with Gasteiger partial charge in [-0.2, -0.15) is 4.98 Å². The van der Waals surface area contributed by atoms with Crippen LogP contribution in [0.4, 0.5) is 0 Å². The van der Waals surface area contributed by atoms with Crippen molar-refractivity contribution in [2.24, 2.45) is 11.1 Å². The largest absolute Gasteiger partial charge is 0.382 e. The van der Waals surface area contributed by atoms with Crippen LogP contribution in [0.3, 0.4) is 0 Å². The summed E-state index contributed by atoms with van der Waals surface area (Å²) in [4.78, 5) is 4.40. The number of hydrogen-bond donors (Lipinski definition) is 1. The van der Waals surface area contributed by atoms with Crippen LogP contribution in [0, 0.1) is 5.41 Å². The maximum Gasteiger partial charge on any atom is 0.227 e. The van der Waals surface area contributed by atoms with E-state index in [-0.39, 0.29) is 5.41 Å². The molecule has 0 bridgehead atoms. The number of nitrogens with two attached hydrogens (primary N) is 1. The van der Waals surface area contributed by atoms with E-state index in [9.17, 15) is 0 Å². The van der Waals surface area contributed by atoms with Crippen LogP contribution in [0.1, 0.15) is 31.0 Å². The molecule has 6 nitrogen and oxygen atoms in total. The highest BCUT2D eigenvalue weighted by molar-refractivity contribution is 4.97. The Balaban J connectivity index is 1.72. The van der Waals surface area contributed by atoms with Gasteiger partial charge in [0.25, 0.3) is 0 Å². The summed E-state index contributed by atoms with van der Waals surface area (Å²) in [6.45, 7) is 2.49. The van der Waals surface area contributed by atoms with Gasteiger partial charge in [-0.25, -0.2) is 0 Å². The van der Waals surface area contributed by atoms with Crippen LogP contribution in [0.15, 0.2) is 4.52 Å². The first-order chi connectivity index (χ1) is 9.28. The van der Waals surface area contributed by atoms with Crippen molar-refractivity contribution in [2.75, 3.05) is 33.5 Å². The minimum absolute atomic E-state index is 0.207. The van der Waals surface area contributed by atoms with Gasteiger partial charge < -0.3 is 19.7 Å². The molecule has 19 heavy (non-hydrogen) atoms. The molecule has 1 aliphatic carbocycles. The van der Waals surface area contributed by atoms with E-state index in [0.29, 0.717) is 44.5 Å². The molecule has 2 rings (SSSR count). The maximum atomic E-state index is 5.83. The number of aromatic nitrogens is 2. The van der Waals surface area contributed by atoms with Crippen molar-refractivity contribution in [1.82, 2.24) is 10.1 Å². The van der Waals surface area contributed by atoms with E-state index in [4.69, 9.17) is 19.7 Å². The molecule has 0 unspecified atom stereocenters. The highest BCUT2D eigenvalue weighted by Crippen LogP contribution is 2.42. The zero-order chi connectivity index (χ0) is 13.6. The Morgan fingerprint density at radius 3 is 2.79 bits per heavy atom. The van der Waals surface area contributed by atoms with Gasteiger partial charge in [-0.05, 0) is 24.8 Å². The van der Waals surface area contributed by atoms with Gasteiger partial charge in [-0.3, -0.25) is 0 Å². The van der Waals surface area contributed by atoms with Crippen molar-refractivity contribution in [3.63, 3.8) is 0 Å². The third kappa shape index (κ3) is 3.99. The van der Waals surface area contributed by atoms with Crippen LogP contribution >= 0.6 is 0 Å². The molecule has 1 aromatic heterocycles. The summed E-state index contributed by atoms with van der Waals surface area (Å²) < 4.78 is 15.6. The first kappa shape index (κ1) is 14.4. The zero-order valence-electron chi connectivity index (χ0n) is 11.6. The van der Waals surface area contributed by atoms with E-state index < -0.39 is 0 Å². The van der Waals surface area contributed by atoms with Crippen LogP contribution in [0.2, 0.25) is 0 Å². The third-order valence-corrected chi connectivity index (χ3v) is 3.79. The van der Waals surface area contributed by atoms with Crippen molar-refractivity contribution in [2.45, 2.75) is 32.1 Å². The normalized spacial score (nSPS) is 17.4. The summed E-state index contributed by atoms with van der Waals surface area (Å²) in [6.07, 6.45) is 5.07. The van der Waals surface area contributed by atoms with Crippen LogP contribution in [0.5, 0.6) is 0 Å². The van der Waals surface area contributed by atoms with Crippen LogP contribution in [-0.4, -0.2) is 43.6 Å². The predicted molar refractivity (Wildman–Crippen MR) is 69.7 cm³/mol. The Hall–Kier alpha value is -0.980. The monoisotopic (exact) mass is 269 g/mol. The number of rotatable bonds is 9. The second kappa shape index (κ2) is 6.98. The number of ether oxygens (including phenoxy) is 2. The molecular weight excluding hydrogens is 246 g/mol. The second-order valence-electron chi connectivity index (χ2n) is 5.19. The van der Waals surface area contributed by atoms with Crippen LogP contribution < -0.4 is 5.73 Å². The summed E-state index contributed by atoms with van der Waals surface area (Å²) in [5, 5.41) is 3.97. The first-order valence-corrected chi connectivity index (χ1v) is 6.86. The molecule has 6 heteroatoms. The van der Waals surface area contributed by atoms with Gasteiger partial charge in [0, 0.05) is 20.0 Å². The standard InChI is InChI=1S/C13H23N3O3/c1-17-7-8-18-6-3-11-15-12(19-16-11)9-13(10-14)4-2-5-13/h2-10,14H2,1H3. The van der Waals surface area contributed by atoms with Gasteiger partial charge in [-0.1, -0.05) is 11.6 Å². The fourth-order valence-electron chi connectivity index (χ4n) is 2.32. The fraction of sp³-hybridized carbons (Fsp3) is 0.846. The Bertz CT molecular complexity index is 371. The molecule has 0 spiro atoms. The van der Waals surface area contributed by atoms with Crippen molar-refractivity contribution in [1.29, 1.82) is 0 Å². The molecule has 0 atom stereocenters. The number of methoxy groups -OCH3 is 1. The number of hydrogen-bond acceptors (Lipinski definition) is 6. The smallest absolute Gasteiger partial charge is 0.227 e. The Morgan fingerprint density at radius 2 is 2.16 bits per heavy atom. The molecule has 1 aliphatic rings. The fourth-order valence-corrected chi connectivity index (χ4v) is 2.32. The second-order valence-corrected chi connectivity index (χ2v) is 5.19. The molecule has 0 aliphatic heterocycles. The lowest BCUT2D eigenvalue weighted by Crippen LogP contribution is -2.39. The molecule has 1 aromatic rings. The highest BCUT2D eigenvalue weighted by atomic mass is 16.5.